The second-order valence-corrected chi connectivity index (χ2v) is 11.1. The lowest BCUT2D eigenvalue weighted by molar-refractivity contribution is -0.132. The Morgan fingerprint density at radius 1 is 1.20 bits per heavy atom. The molecule has 2 aromatic carbocycles. The topological polar surface area (TPSA) is 136 Å². The first-order valence-corrected chi connectivity index (χ1v) is 13.8. The van der Waals surface area contributed by atoms with Crippen LogP contribution in [0.2, 0.25) is 0 Å². The summed E-state index contributed by atoms with van der Waals surface area (Å²) in [5.41, 5.74) is 6.39. The number of aliphatic imine (C=N–C) groups is 1. The van der Waals surface area contributed by atoms with Gasteiger partial charge in [-0.15, -0.1) is 0 Å². The lowest BCUT2D eigenvalue weighted by Crippen LogP contribution is -2.54. The first-order chi connectivity index (χ1) is 19.1. The maximum absolute atomic E-state index is 13.6. The van der Waals surface area contributed by atoms with E-state index < -0.39 is 23.2 Å². The molecule has 2 amide bonds. The van der Waals surface area contributed by atoms with Gasteiger partial charge in [0.25, 0.3) is 5.91 Å². The zero-order valence-electron chi connectivity index (χ0n) is 23.5. The number of nitrogens with zero attached hydrogens (tertiary/aromatic N) is 2. The molecule has 10 heteroatoms. The first kappa shape index (κ1) is 27.9. The van der Waals surface area contributed by atoms with Gasteiger partial charge in [0.1, 0.15) is 29.8 Å². The zero-order valence-corrected chi connectivity index (χ0v) is 23.5. The van der Waals surface area contributed by atoms with E-state index in [0.29, 0.717) is 54.1 Å². The average molecular weight is 551 g/mol. The highest BCUT2D eigenvalue weighted by Gasteiger charge is 2.44. The van der Waals surface area contributed by atoms with Crippen LogP contribution in [0.4, 0.5) is 0 Å². The molecule has 4 N–H and O–H groups in total. The highest BCUT2D eigenvalue weighted by Crippen LogP contribution is 2.42. The fourth-order valence-corrected chi connectivity index (χ4v) is 5.96. The molecule has 0 aromatic heterocycles. The van der Waals surface area contributed by atoms with Crippen LogP contribution in [0.15, 0.2) is 47.5 Å². The quantitative estimate of drug-likeness (QED) is 0.482. The van der Waals surface area contributed by atoms with Gasteiger partial charge in [-0.2, -0.15) is 0 Å². The molecule has 3 heterocycles. The van der Waals surface area contributed by atoms with Crippen molar-refractivity contribution < 1.29 is 28.9 Å². The third-order valence-electron chi connectivity index (χ3n) is 8.39. The molecule has 0 unspecified atom stereocenters. The van der Waals surface area contributed by atoms with Crippen LogP contribution in [0.5, 0.6) is 11.5 Å². The van der Waals surface area contributed by atoms with Crippen molar-refractivity contribution in [1.29, 1.82) is 0 Å². The van der Waals surface area contributed by atoms with Gasteiger partial charge in [0.05, 0.1) is 30.7 Å². The number of amides is 2. The van der Waals surface area contributed by atoms with Crippen molar-refractivity contribution in [3.63, 3.8) is 0 Å². The van der Waals surface area contributed by atoms with Gasteiger partial charge in [-0.1, -0.05) is 32.0 Å². The summed E-state index contributed by atoms with van der Waals surface area (Å²) >= 11 is 0. The standard InChI is InChI=1S/C30H38N4O6/c1-5-30(6-2)15-25(35)34(28(31)33-30)22-14-19(16-38-4)40-24-12-11-18(13-21(22)24)27(36)32-26-20-9-7-8-10-23(20)39-17-29(26,3)37/h7-13,19,22,26,37H,5-6,14-17H2,1-4H3,(H2,31,33)(H,32,36)/t19-,22+,26+,29+/m0/s1. The van der Waals surface area contributed by atoms with E-state index in [2.05, 4.69) is 5.32 Å². The first-order valence-electron chi connectivity index (χ1n) is 13.8. The SMILES string of the molecule is CCC1(CC)CC(=O)N([C@@H]2C[C@@H](COC)Oc3ccc(C(=O)N[C@@H]4c5ccccc5OC[C@@]4(C)O)cc32)C(N)=N1. The third kappa shape index (κ3) is 5.01. The van der Waals surface area contributed by atoms with Crippen molar-refractivity contribution in [3.05, 3.63) is 59.2 Å². The minimum absolute atomic E-state index is 0.0443. The molecule has 0 saturated carbocycles. The molecule has 4 atom stereocenters. The largest absolute Gasteiger partial charge is 0.490 e. The van der Waals surface area contributed by atoms with Crippen molar-refractivity contribution in [3.8, 4) is 11.5 Å². The number of nitrogens with two attached hydrogens (primary N) is 1. The number of guanidine groups is 1. The molecule has 5 rings (SSSR count). The number of benzene rings is 2. The molecule has 0 saturated heterocycles. The summed E-state index contributed by atoms with van der Waals surface area (Å²) < 4.78 is 17.2. The Hall–Kier alpha value is -3.63. The second-order valence-electron chi connectivity index (χ2n) is 11.1. The van der Waals surface area contributed by atoms with Gasteiger partial charge in [-0.25, -0.2) is 4.99 Å². The van der Waals surface area contributed by atoms with Crippen LogP contribution in [0, 0.1) is 0 Å². The van der Waals surface area contributed by atoms with Gasteiger partial charge in [0, 0.05) is 30.2 Å². The maximum Gasteiger partial charge on any atom is 0.251 e. The lowest BCUT2D eigenvalue weighted by Gasteiger charge is -2.43. The molecule has 0 aliphatic carbocycles. The van der Waals surface area contributed by atoms with E-state index in [9.17, 15) is 14.7 Å². The minimum atomic E-state index is -1.31. The monoisotopic (exact) mass is 550 g/mol. The molecule has 2 aromatic rings. The summed E-state index contributed by atoms with van der Waals surface area (Å²) in [5.74, 6) is 0.886. The Labute approximate surface area is 234 Å². The fraction of sp³-hybridized carbons (Fsp3) is 0.500. The highest BCUT2D eigenvalue weighted by molar-refractivity contribution is 6.00. The molecule has 40 heavy (non-hydrogen) atoms. The van der Waals surface area contributed by atoms with Crippen molar-refractivity contribution in [2.75, 3.05) is 20.3 Å². The summed E-state index contributed by atoms with van der Waals surface area (Å²) in [4.78, 5) is 33.5. The van der Waals surface area contributed by atoms with Gasteiger partial charge in [0.2, 0.25) is 5.91 Å². The number of carbonyl (C=O) groups is 2. The molecule has 10 nitrogen and oxygen atoms in total. The Kier molecular flexibility index (Phi) is 7.50. The second kappa shape index (κ2) is 10.7. The average Bonchev–Trinajstić information content (AvgIpc) is 2.94. The van der Waals surface area contributed by atoms with E-state index in [1.54, 1.807) is 37.1 Å². The number of hydrogen-bond acceptors (Lipinski definition) is 8. The summed E-state index contributed by atoms with van der Waals surface area (Å²) in [6, 6.07) is 11.3. The van der Waals surface area contributed by atoms with Crippen LogP contribution in [0.1, 0.15) is 80.0 Å². The van der Waals surface area contributed by atoms with Crippen molar-refractivity contribution in [2.24, 2.45) is 10.7 Å². The number of ether oxygens (including phenoxy) is 3. The van der Waals surface area contributed by atoms with E-state index in [1.807, 2.05) is 38.1 Å². The van der Waals surface area contributed by atoms with Gasteiger partial charge >= 0.3 is 0 Å². The van der Waals surface area contributed by atoms with Crippen molar-refractivity contribution in [2.45, 2.75) is 75.8 Å². The molecular weight excluding hydrogens is 512 g/mol. The van der Waals surface area contributed by atoms with Crippen LogP contribution < -0.4 is 20.5 Å². The highest BCUT2D eigenvalue weighted by atomic mass is 16.5. The number of methoxy groups -OCH3 is 1. The molecule has 3 aliphatic heterocycles. The number of rotatable bonds is 7. The van der Waals surface area contributed by atoms with E-state index >= 15 is 0 Å². The smallest absolute Gasteiger partial charge is 0.251 e. The third-order valence-corrected chi connectivity index (χ3v) is 8.39. The van der Waals surface area contributed by atoms with E-state index in [1.165, 1.54) is 0 Å². The molecule has 0 radical (unpaired) electrons. The van der Waals surface area contributed by atoms with Crippen LogP contribution in [-0.2, 0) is 9.53 Å². The minimum Gasteiger partial charge on any atom is -0.490 e. The normalized spacial score (nSPS) is 27.0. The van der Waals surface area contributed by atoms with Crippen LogP contribution in [0.3, 0.4) is 0 Å². The van der Waals surface area contributed by atoms with Gasteiger partial charge in [0.15, 0.2) is 5.96 Å². The number of para-hydroxylation sites is 1. The summed E-state index contributed by atoms with van der Waals surface area (Å²) in [6.07, 6.45) is 1.82. The summed E-state index contributed by atoms with van der Waals surface area (Å²) in [6.45, 7) is 6.05. The Morgan fingerprint density at radius 3 is 2.65 bits per heavy atom. The van der Waals surface area contributed by atoms with E-state index in [-0.39, 0.29) is 36.9 Å². The molecular formula is C30H38N4O6. The van der Waals surface area contributed by atoms with Gasteiger partial charge < -0.3 is 30.4 Å². The van der Waals surface area contributed by atoms with Gasteiger partial charge in [-0.05, 0) is 44.0 Å². The van der Waals surface area contributed by atoms with Crippen molar-refractivity contribution in [1.82, 2.24) is 10.2 Å². The Balaban J connectivity index is 1.49. The zero-order chi connectivity index (χ0) is 28.7. The summed E-state index contributed by atoms with van der Waals surface area (Å²) in [7, 11) is 1.60. The van der Waals surface area contributed by atoms with Crippen LogP contribution in [-0.4, -0.2) is 65.3 Å². The number of hydrogen-bond donors (Lipinski definition) is 3. The number of nitrogens with one attached hydrogen (secondary N) is 1. The lowest BCUT2D eigenvalue weighted by atomic mass is 9.86. The van der Waals surface area contributed by atoms with Crippen LogP contribution >= 0.6 is 0 Å². The molecule has 214 valence electrons. The Morgan fingerprint density at radius 2 is 1.95 bits per heavy atom. The van der Waals surface area contributed by atoms with E-state index in [0.717, 1.165) is 0 Å². The number of aliphatic hydroxyl groups is 1. The predicted octanol–water partition coefficient (Wildman–Crippen LogP) is 3.25. The molecule has 0 spiro atoms. The summed E-state index contributed by atoms with van der Waals surface area (Å²) in [5, 5.41) is 14.1. The van der Waals surface area contributed by atoms with Crippen molar-refractivity contribution >= 4 is 17.8 Å². The van der Waals surface area contributed by atoms with Gasteiger partial charge in [-0.3, -0.25) is 14.5 Å². The van der Waals surface area contributed by atoms with Crippen LogP contribution in [0.25, 0.3) is 0 Å². The Bertz CT molecular complexity index is 1320. The number of carbonyl (C=O) groups excluding carboxylic acids is 2. The predicted molar refractivity (Wildman–Crippen MR) is 149 cm³/mol. The maximum atomic E-state index is 13.6. The molecule has 3 aliphatic rings. The fourth-order valence-electron chi connectivity index (χ4n) is 5.96. The number of fused-ring (bicyclic) bond motifs is 2. The molecule has 0 bridgehead atoms. The van der Waals surface area contributed by atoms with E-state index in [4.69, 9.17) is 24.9 Å². The molecule has 0 fully saturated rings.